The molecule has 1 aromatic carbocycles. The Morgan fingerprint density at radius 2 is 1.90 bits per heavy atom. The summed E-state index contributed by atoms with van der Waals surface area (Å²) in [4.78, 5) is 12.3. The molecule has 1 saturated heterocycles. The molecule has 2 atom stereocenters. The summed E-state index contributed by atoms with van der Waals surface area (Å²) >= 11 is 3.64. The van der Waals surface area contributed by atoms with Crippen molar-refractivity contribution in [2.24, 2.45) is 0 Å². The van der Waals surface area contributed by atoms with E-state index in [1.54, 1.807) is 0 Å². The predicted molar refractivity (Wildman–Crippen MR) is 123 cm³/mol. The largest absolute Gasteiger partial charge is 0.380 e. The van der Waals surface area contributed by atoms with E-state index in [-0.39, 0.29) is 0 Å². The van der Waals surface area contributed by atoms with E-state index >= 15 is 0 Å². The molecule has 6 heteroatoms. The van der Waals surface area contributed by atoms with E-state index in [2.05, 4.69) is 70.4 Å². The molecule has 3 heterocycles. The van der Waals surface area contributed by atoms with Crippen LogP contribution in [0.2, 0.25) is 0 Å². The Balaban J connectivity index is 1.74. The first-order chi connectivity index (χ1) is 14.0. The number of nitrogens with zero attached hydrogens (tertiary/aromatic N) is 4. The highest BCUT2D eigenvalue weighted by molar-refractivity contribution is 9.10. The number of aryl methyl sites for hydroxylation is 1. The first kappa shape index (κ1) is 20.4. The van der Waals surface area contributed by atoms with E-state index < -0.39 is 0 Å². The van der Waals surface area contributed by atoms with Crippen LogP contribution >= 0.6 is 15.9 Å². The molecule has 5 nitrogen and oxygen atoms in total. The molecule has 154 valence electrons. The van der Waals surface area contributed by atoms with Gasteiger partial charge in [-0.05, 0) is 70.4 Å². The Morgan fingerprint density at radius 1 is 1.14 bits per heavy atom. The van der Waals surface area contributed by atoms with Crippen LogP contribution in [-0.2, 0) is 11.3 Å². The van der Waals surface area contributed by atoms with Crippen LogP contribution in [0.3, 0.4) is 0 Å². The smallest absolute Gasteiger partial charge is 0.142 e. The third-order valence-corrected chi connectivity index (χ3v) is 6.85. The van der Waals surface area contributed by atoms with Crippen molar-refractivity contribution < 1.29 is 4.74 Å². The van der Waals surface area contributed by atoms with Crippen molar-refractivity contribution >= 4 is 32.8 Å². The van der Waals surface area contributed by atoms with Gasteiger partial charge < -0.3 is 14.2 Å². The lowest BCUT2D eigenvalue weighted by Gasteiger charge is -2.27. The van der Waals surface area contributed by atoms with E-state index in [4.69, 9.17) is 14.7 Å². The number of pyridine rings is 1. The zero-order valence-electron chi connectivity index (χ0n) is 17.7. The van der Waals surface area contributed by atoms with Gasteiger partial charge in [-0.25, -0.2) is 9.97 Å². The molecule has 0 amide bonds. The van der Waals surface area contributed by atoms with Gasteiger partial charge in [0.15, 0.2) is 0 Å². The van der Waals surface area contributed by atoms with Crippen LogP contribution in [-0.4, -0.2) is 39.8 Å². The topological polar surface area (TPSA) is 43.2 Å². The lowest BCUT2D eigenvalue weighted by molar-refractivity contribution is 0.140. The summed E-state index contributed by atoms with van der Waals surface area (Å²) in [6.07, 6.45) is 4.42. The Hall–Kier alpha value is -1.92. The molecule has 0 N–H and O–H groups in total. The van der Waals surface area contributed by atoms with Gasteiger partial charge in [0.2, 0.25) is 0 Å². The zero-order chi connectivity index (χ0) is 20.5. The molecule has 0 radical (unpaired) electrons. The van der Waals surface area contributed by atoms with Gasteiger partial charge in [0, 0.05) is 41.5 Å². The molecule has 4 rings (SSSR count). The SMILES string of the molecule is CCOCCn1c(-c2ccc(N3[C@@H](C)CC[C@@H]3C)nc2)nc2c(C)c(Br)ccc21. The van der Waals surface area contributed by atoms with E-state index in [1.807, 2.05) is 13.1 Å². The van der Waals surface area contributed by atoms with E-state index in [0.717, 1.165) is 51.4 Å². The second kappa shape index (κ2) is 8.44. The number of hydrogen-bond donors (Lipinski definition) is 0. The number of halogens is 1. The standard InChI is InChI=1S/C23H29BrN4O/c1-5-29-13-12-27-20-10-9-19(24)17(4)22(20)26-23(27)18-8-11-21(25-14-18)28-15(2)6-7-16(28)3/h8-11,14-16H,5-7,12-13H2,1-4H3/t15-,16-/m0/s1. The van der Waals surface area contributed by atoms with Crippen molar-refractivity contribution in [1.29, 1.82) is 0 Å². The minimum absolute atomic E-state index is 0.541. The fourth-order valence-electron chi connectivity index (χ4n) is 4.37. The normalized spacial score (nSPS) is 19.4. The van der Waals surface area contributed by atoms with Crippen LogP contribution in [0, 0.1) is 6.92 Å². The van der Waals surface area contributed by atoms with Crippen LogP contribution < -0.4 is 4.90 Å². The Morgan fingerprint density at radius 3 is 2.55 bits per heavy atom. The number of benzene rings is 1. The highest BCUT2D eigenvalue weighted by Crippen LogP contribution is 2.32. The van der Waals surface area contributed by atoms with Gasteiger partial charge in [0.1, 0.15) is 11.6 Å². The summed E-state index contributed by atoms with van der Waals surface area (Å²) in [6, 6.07) is 9.60. The van der Waals surface area contributed by atoms with E-state index in [0.29, 0.717) is 18.7 Å². The summed E-state index contributed by atoms with van der Waals surface area (Å²) in [7, 11) is 0. The predicted octanol–water partition coefficient (Wildman–Crippen LogP) is 5.58. The lowest BCUT2D eigenvalue weighted by Crippen LogP contribution is -2.33. The molecule has 3 aromatic rings. The van der Waals surface area contributed by atoms with Crippen molar-refractivity contribution in [2.75, 3.05) is 18.1 Å². The second-order valence-electron chi connectivity index (χ2n) is 7.91. The van der Waals surface area contributed by atoms with Crippen LogP contribution in [0.4, 0.5) is 5.82 Å². The van der Waals surface area contributed by atoms with Crippen LogP contribution in [0.5, 0.6) is 0 Å². The third-order valence-electron chi connectivity index (χ3n) is 5.99. The van der Waals surface area contributed by atoms with Gasteiger partial charge in [0.05, 0.1) is 17.6 Å². The maximum absolute atomic E-state index is 5.63. The average molecular weight is 457 g/mol. The molecule has 29 heavy (non-hydrogen) atoms. The average Bonchev–Trinajstić information content (AvgIpc) is 3.25. The van der Waals surface area contributed by atoms with Crippen molar-refractivity contribution in [3.8, 4) is 11.4 Å². The minimum atomic E-state index is 0.541. The molecule has 0 unspecified atom stereocenters. The highest BCUT2D eigenvalue weighted by atomic mass is 79.9. The quantitative estimate of drug-likeness (QED) is 0.453. The second-order valence-corrected chi connectivity index (χ2v) is 8.77. The Labute approximate surface area is 181 Å². The maximum Gasteiger partial charge on any atom is 0.142 e. The van der Waals surface area contributed by atoms with Crippen molar-refractivity contribution in [1.82, 2.24) is 14.5 Å². The molecule has 1 aliphatic heterocycles. The molecule has 1 fully saturated rings. The lowest BCUT2D eigenvalue weighted by atomic mass is 10.2. The molecule has 0 spiro atoms. The van der Waals surface area contributed by atoms with Gasteiger partial charge in [-0.15, -0.1) is 0 Å². The first-order valence-electron chi connectivity index (χ1n) is 10.5. The van der Waals surface area contributed by atoms with Gasteiger partial charge >= 0.3 is 0 Å². The van der Waals surface area contributed by atoms with E-state index in [1.165, 1.54) is 12.8 Å². The monoisotopic (exact) mass is 456 g/mol. The number of fused-ring (bicyclic) bond motifs is 1. The molecule has 0 aliphatic carbocycles. The van der Waals surface area contributed by atoms with Crippen molar-refractivity contribution in [3.05, 3.63) is 40.5 Å². The summed E-state index contributed by atoms with van der Waals surface area (Å²) in [5.74, 6) is 2.00. The van der Waals surface area contributed by atoms with Crippen molar-refractivity contribution in [2.45, 2.75) is 59.2 Å². The number of aromatic nitrogens is 3. The van der Waals surface area contributed by atoms with Gasteiger partial charge in [-0.3, -0.25) is 0 Å². The fourth-order valence-corrected chi connectivity index (χ4v) is 4.69. The Bertz CT molecular complexity index is 988. The third kappa shape index (κ3) is 3.80. The minimum Gasteiger partial charge on any atom is -0.380 e. The summed E-state index contributed by atoms with van der Waals surface area (Å²) in [6.45, 7) is 10.8. The molecule has 1 aliphatic rings. The van der Waals surface area contributed by atoms with E-state index in [9.17, 15) is 0 Å². The molecule has 0 bridgehead atoms. The summed E-state index contributed by atoms with van der Waals surface area (Å²) < 4.78 is 8.96. The number of rotatable bonds is 6. The van der Waals surface area contributed by atoms with Gasteiger partial charge in [-0.1, -0.05) is 15.9 Å². The Kier molecular flexibility index (Phi) is 5.93. The zero-order valence-corrected chi connectivity index (χ0v) is 19.2. The molecular formula is C23H29BrN4O. The first-order valence-corrected chi connectivity index (χ1v) is 11.3. The van der Waals surface area contributed by atoms with Crippen LogP contribution in [0.25, 0.3) is 22.4 Å². The van der Waals surface area contributed by atoms with Gasteiger partial charge in [-0.2, -0.15) is 0 Å². The van der Waals surface area contributed by atoms with Crippen LogP contribution in [0.1, 0.15) is 39.2 Å². The number of anilines is 1. The fraction of sp³-hybridized carbons (Fsp3) is 0.478. The summed E-state index contributed by atoms with van der Waals surface area (Å²) in [5.41, 5.74) is 4.35. The van der Waals surface area contributed by atoms with Gasteiger partial charge in [0.25, 0.3) is 0 Å². The van der Waals surface area contributed by atoms with Crippen LogP contribution in [0.15, 0.2) is 34.9 Å². The molecule has 2 aromatic heterocycles. The molecular weight excluding hydrogens is 428 g/mol. The van der Waals surface area contributed by atoms with Crippen molar-refractivity contribution in [3.63, 3.8) is 0 Å². The molecule has 0 saturated carbocycles. The number of hydrogen-bond acceptors (Lipinski definition) is 4. The summed E-state index contributed by atoms with van der Waals surface area (Å²) in [5, 5.41) is 0. The maximum atomic E-state index is 5.63. The number of imidazole rings is 1. The number of ether oxygens (including phenoxy) is 1. The highest BCUT2D eigenvalue weighted by Gasteiger charge is 2.28.